The Balaban J connectivity index is 0.00000338. The minimum atomic E-state index is -0.192. The molecule has 0 amide bonds. The predicted octanol–water partition coefficient (Wildman–Crippen LogP) is 3.11. The Kier molecular flexibility index (Phi) is 9.79. The summed E-state index contributed by atoms with van der Waals surface area (Å²) in [6, 6.07) is 12.0. The molecular weight excluding hydrogens is 448 g/mol. The van der Waals surface area contributed by atoms with Gasteiger partial charge in [0.1, 0.15) is 17.3 Å². The molecule has 0 spiro atoms. The largest absolute Gasteiger partial charge is 0.508 e. The molecule has 0 unspecified atom stereocenters. The van der Waals surface area contributed by atoms with Gasteiger partial charge >= 0.3 is 0 Å². The van der Waals surface area contributed by atoms with E-state index in [1.807, 2.05) is 18.2 Å². The Morgan fingerprint density at radius 2 is 1.73 bits per heavy atom. The molecule has 3 N–H and O–H groups in total. The highest BCUT2D eigenvalue weighted by molar-refractivity contribution is 14.0. The molecule has 0 saturated carbocycles. The van der Waals surface area contributed by atoms with Gasteiger partial charge in [-0.2, -0.15) is 0 Å². The van der Waals surface area contributed by atoms with E-state index < -0.39 is 0 Å². The van der Waals surface area contributed by atoms with Crippen LogP contribution in [0.4, 0.5) is 4.39 Å². The van der Waals surface area contributed by atoms with Gasteiger partial charge < -0.3 is 20.5 Å². The van der Waals surface area contributed by atoms with Gasteiger partial charge in [0.2, 0.25) is 0 Å². The average Bonchev–Trinajstić information content (AvgIpc) is 2.63. The first kappa shape index (κ1) is 22.0. The molecule has 0 aliphatic carbocycles. The van der Waals surface area contributed by atoms with Crippen LogP contribution in [0.1, 0.15) is 11.1 Å². The number of rotatable bonds is 7. The molecule has 0 aliphatic heterocycles. The molecule has 0 aromatic heterocycles. The lowest BCUT2D eigenvalue weighted by atomic mass is 10.1. The second kappa shape index (κ2) is 11.6. The van der Waals surface area contributed by atoms with Gasteiger partial charge in [0, 0.05) is 26.2 Å². The van der Waals surface area contributed by atoms with E-state index >= 15 is 0 Å². The second-order valence-corrected chi connectivity index (χ2v) is 5.51. The number of aliphatic imine (C=N–C) groups is 1. The van der Waals surface area contributed by atoms with Crippen molar-refractivity contribution in [2.45, 2.75) is 12.8 Å². The highest BCUT2D eigenvalue weighted by Gasteiger charge is 2.05. The molecule has 26 heavy (non-hydrogen) atoms. The van der Waals surface area contributed by atoms with Crippen molar-refractivity contribution in [2.75, 3.05) is 27.2 Å². The van der Waals surface area contributed by atoms with Crippen molar-refractivity contribution < 1.29 is 14.2 Å². The van der Waals surface area contributed by atoms with E-state index in [2.05, 4.69) is 15.6 Å². The lowest BCUT2D eigenvalue weighted by molar-refractivity contribution is 0.406. The molecule has 7 heteroatoms. The van der Waals surface area contributed by atoms with Gasteiger partial charge in [-0.05, 0) is 36.1 Å². The highest BCUT2D eigenvalue weighted by atomic mass is 127. The molecule has 0 atom stereocenters. The number of phenolic OH excluding ortho intramolecular Hbond substituents is 1. The number of benzene rings is 2. The third-order valence-corrected chi connectivity index (χ3v) is 3.85. The van der Waals surface area contributed by atoms with Gasteiger partial charge in [-0.15, -0.1) is 24.0 Å². The second-order valence-electron chi connectivity index (χ2n) is 5.51. The smallest absolute Gasteiger partial charge is 0.190 e. The number of guanidine groups is 1. The van der Waals surface area contributed by atoms with Crippen LogP contribution in [0.15, 0.2) is 47.5 Å². The summed E-state index contributed by atoms with van der Waals surface area (Å²) in [5, 5.41) is 16.3. The van der Waals surface area contributed by atoms with Crippen LogP contribution in [0.3, 0.4) is 0 Å². The summed E-state index contributed by atoms with van der Waals surface area (Å²) in [7, 11) is 3.25. The maximum atomic E-state index is 13.6. The third kappa shape index (κ3) is 6.70. The lowest BCUT2D eigenvalue weighted by Gasteiger charge is -2.13. The number of hydrogen-bond acceptors (Lipinski definition) is 3. The van der Waals surface area contributed by atoms with Gasteiger partial charge in [-0.3, -0.25) is 4.99 Å². The summed E-state index contributed by atoms with van der Waals surface area (Å²) in [6.45, 7) is 1.19. The van der Waals surface area contributed by atoms with Crippen molar-refractivity contribution in [1.29, 1.82) is 0 Å². The van der Waals surface area contributed by atoms with Crippen molar-refractivity contribution >= 4 is 29.9 Å². The van der Waals surface area contributed by atoms with Crippen LogP contribution in [0, 0.1) is 5.82 Å². The minimum absolute atomic E-state index is 0. The van der Waals surface area contributed by atoms with Gasteiger partial charge in [-0.1, -0.05) is 24.3 Å². The van der Waals surface area contributed by atoms with Crippen LogP contribution in [0.25, 0.3) is 0 Å². The van der Waals surface area contributed by atoms with Gasteiger partial charge in [0.05, 0.1) is 7.11 Å². The van der Waals surface area contributed by atoms with E-state index in [1.54, 1.807) is 32.4 Å². The summed E-state index contributed by atoms with van der Waals surface area (Å²) in [4.78, 5) is 4.14. The number of aromatic hydroxyl groups is 1. The molecular formula is C19H25FIN3O2. The molecule has 2 aromatic carbocycles. The number of ether oxygens (including phenoxy) is 1. The Morgan fingerprint density at radius 1 is 1.08 bits per heavy atom. The fourth-order valence-electron chi connectivity index (χ4n) is 2.43. The maximum Gasteiger partial charge on any atom is 0.190 e. The van der Waals surface area contributed by atoms with Crippen LogP contribution < -0.4 is 15.4 Å². The number of phenols is 1. The predicted molar refractivity (Wildman–Crippen MR) is 113 cm³/mol. The number of nitrogens with one attached hydrogen (secondary N) is 2. The standard InChI is InChI=1S/C19H24FN3O2.HI/c1-21-19(22-11-9-14-5-3-4-6-17(14)20)23-12-10-15-7-8-16(25-2)13-18(15)24;/h3-8,13,24H,9-12H2,1-2H3,(H2,21,22,23);1H. The van der Waals surface area contributed by atoms with E-state index in [4.69, 9.17) is 4.74 Å². The summed E-state index contributed by atoms with van der Waals surface area (Å²) in [6.07, 6.45) is 1.22. The van der Waals surface area contributed by atoms with E-state index in [9.17, 15) is 9.50 Å². The fourth-order valence-corrected chi connectivity index (χ4v) is 2.43. The molecule has 0 fully saturated rings. The Bertz CT molecular complexity index is 726. The molecule has 2 rings (SSSR count). The minimum Gasteiger partial charge on any atom is -0.508 e. The molecule has 0 heterocycles. The molecule has 0 aliphatic rings. The van der Waals surface area contributed by atoms with E-state index in [-0.39, 0.29) is 35.5 Å². The lowest BCUT2D eigenvalue weighted by Crippen LogP contribution is -2.39. The molecule has 2 aromatic rings. The third-order valence-electron chi connectivity index (χ3n) is 3.85. The Labute approximate surface area is 170 Å². The molecule has 0 saturated heterocycles. The number of halogens is 2. The Morgan fingerprint density at radius 3 is 2.31 bits per heavy atom. The van der Waals surface area contributed by atoms with Crippen LogP contribution in [-0.2, 0) is 12.8 Å². The SMILES string of the molecule is CN=C(NCCc1ccc(OC)cc1O)NCCc1ccccc1F.I. The van der Waals surface area contributed by atoms with Crippen molar-refractivity contribution in [3.63, 3.8) is 0 Å². The first-order valence-corrected chi connectivity index (χ1v) is 8.18. The summed E-state index contributed by atoms with van der Waals surface area (Å²) in [5.41, 5.74) is 1.50. The van der Waals surface area contributed by atoms with Gasteiger partial charge in [-0.25, -0.2) is 4.39 Å². The first-order valence-electron chi connectivity index (χ1n) is 8.18. The first-order chi connectivity index (χ1) is 12.1. The number of hydrogen-bond donors (Lipinski definition) is 3. The van der Waals surface area contributed by atoms with Crippen molar-refractivity contribution in [1.82, 2.24) is 10.6 Å². The summed E-state index contributed by atoms with van der Waals surface area (Å²) in [5.74, 6) is 1.29. The molecule has 5 nitrogen and oxygen atoms in total. The topological polar surface area (TPSA) is 65.9 Å². The summed E-state index contributed by atoms with van der Waals surface area (Å²) < 4.78 is 18.6. The van der Waals surface area contributed by atoms with E-state index in [0.717, 1.165) is 5.56 Å². The van der Waals surface area contributed by atoms with Crippen LogP contribution >= 0.6 is 24.0 Å². The quantitative estimate of drug-likeness (QED) is 0.329. The van der Waals surface area contributed by atoms with Crippen molar-refractivity contribution in [2.24, 2.45) is 4.99 Å². The number of methoxy groups -OCH3 is 1. The van der Waals surface area contributed by atoms with Gasteiger partial charge in [0.25, 0.3) is 0 Å². The van der Waals surface area contributed by atoms with Crippen molar-refractivity contribution in [3.8, 4) is 11.5 Å². The van der Waals surface area contributed by atoms with E-state index in [0.29, 0.717) is 43.2 Å². The van der Waals surface area contributed by atoms with Crippen LogP contribution in [0.5, 0.6) is 11.5 Å². The van der Waals surface area contributed by atoms with E-state index in [1.165, 1.54) is 6.07 Å². The summed E-state index contributed by atoms with van der Waals surface area (Å²) >= 11 is 0. The maximum absolute atomic E-state index is 13.6. The monoisotopic (exact) mass is 473 g/mol. The fraction of sp³-hybridized carbons (Fsp3) is 0.316. The van der Waals surface area contributed by atoms with Gasteiger partial charge in [0.15, 0.2) is 5.96 Å². The normalized spacial score (nSPS) is 10.8. The Hall–Kier alpha value is -2.03. The highest BCUT2D eigenvalue weighted by Crippen LogP contribution is 2.23. The van der Waals surface area contributed by atoms with Crippen LogP contribution in [-0.4, -0.2) is 38.3 Å². The zero-order chi connectivity index (χ0) is 18.1. The molecule has 0 radical (unpaired) electrons. The average molecular weight is 473 g/mol. The molecule has 142 valence electrons. The molecule has 0 bridgehead atoms. The van der Waals surface area contributed by atoms with Crippen LogP contribution in [0.2, 0.25) is 0 Å². The van der Waals surface area contributed by atoms with Crippen molar-refractivity contribution in [3.05, 3.63) is 59.4 Å². The zero-order valence-corrected chi connectivity index (χ0v) is 17.3. The zero-order valence-electron chi connectivity index (χ0n) is 15.0. The number of nitrogens with zero attached hydrogens (tertiary/aromatic N) is 1.